The number of nitrogens with one attached hydrogen (secondary N) is 1. The molecule has 1 fully saturated rings. The van der Waals surface area contributed by atoms with Gasteiger partial charge in [0, 0.05) is 36.8 Å². The van der Waals surface area contributed by atoms with E-state index >= 15 is 0 Å². The van der Waals surface area contributed by atoms with E-state index < -0.39 is 0 Å². The largest absolute Gasteiger partial charge is 0.370 e. The van der Waals surface area contributed by atoms with Gasteiger partial charge in [-0.25, -0.2) is 4.98 Å². The summed E-state index contributed by atoms with van der Waals surface area (Å²) in [7, 11) is 1.90. The number of hydrogen-bond donors (Lipinski definition) is 1. The minimum Gasteiger partial charge on any atom is -0.370 e. The van der Waals surface area contributed by atoms with Crippen LogP contribution in [0, 0.1) is 0 Å². The van der Waals surface area contributed by atoms with Gasteiger partial charge in [-0.2, -0.15) is 9.61 Å². The number of benzene rings is 2. The Morgan fingerprint density at radius 2 is 1.91 bits per heavy atom. The van der Waals surface area contributed by atoms with Crippen LogP contribution in [-0.4, -0.2) is 45.5 Å². The van der Waals surface area contributed by atoms with E-state index in [1.165, 1.54) is 0 Å². The van der Waals surface area contributed by atoms with Gasteiger partial charge in [0.15, 0.2) is 5.65 Å². The summed E-state index contributed by atoms with van der Waals surface area (Å²) in [5.41, 5.74) is 3.15. The van der Waals surface area contributed by atoms with Crippen molar-refractivity contribution >= 4 is 44.9 Å². The molecule has 2 aromatic heterocycles. The molecule has 5 rings (SSSR count). The summed E-state index contributed by atoms with van der Waals surface area (Å²) in [6.45, 7) is 1.36. The molecule has 1 aliphatic carbocycles. The summed E-state index contributed by atoms with van der Waals surface area (Å²) >= 11 is 9.96. The highest BCUT2D eigenvalue weighted by Crippen LogP contribution is 2.49. The number of nitrogens with zero attached hydrogens (tertiary/aromatic N) is 4. The van der Waals surface area contributed by atoms with Crippen molar-refractivity contribution in [3.63, 3.8) is 0 Å². The van der Waals surface area contributed by atoms with Crippen LogP contribution in [0.4, 0.5) is 5.82 Å². The zero-order valence-electron chi connectivity index (χ0n) is 18.8. The summed E-state index contributed by atoms with van der Waals surface area (Å²) in [6, 6.07) is 19.7. The van der Waals surface area contributed by atoms with Crippen LogP contribution in [-0.2, 0) is 10.2 Å². The van der Waals surface area contributed by atoms with Gasteiger partial charge in [-0.3, -0.25) is 4.79 Å². The first-order chi connectivity index (χ1) is 16.5. The van der Waals surface area contributed by atoms with Crippen molar-refractivity contribution in [2.75, 3.05) is 25.5 Å². The lowest BCUT2D eigenvalue weighted by Gasteiger charge is -2.24. The molecule has 1 aliphatic rings. The molecule has 0 atom stereocenters. The Kier molecular flexibility index (Phi) is 6.32. The van der Waals surface area contributed by atoms with Gasteiger partial charge < -0.3 is 10.2 Å². The highest BCUT2D eigenvalue weighted by Gasteiger charge is 2.52. The summed E-state index contributed by atoms with van der Waals surface area (Å²) in [5.74, 6) is 1.03. The normalized spacial score (nSPS) is 14.2. The number of aromatic nitrogens is 3. The minimum atomic E-state index is -0.327. The molecule has 8 heteroatoms. The fourth-order valence-electron chi connectivity index (χ4n) is 4.38. The monoisotopic (exact) mass is 537 g/mol. The molecule has 34 heavy (non-hydrogen) atoms. The van der Waals surface area contributed by atoms with E-state index in [1.807, 2.05) is 60.5 Å². The lowest BCUT2D eigenvalue weighted by Crippen LogP contribution is -2.37. The maximum Gasteiger partial charge on any atom is 0.232 e. The van der Waals surface area contributed by atoms with Gasteiger partial charge in [0.05, 0.1) is 21.8 Å². The van der Waals surface area contributed by atoms with Gasteiger partial charge in [-0.15, -0.1) is 0 Å². The van der Waals surface area contributed by atoms with Gasteiger partial charge >= 0.3 is 0 Å². The zero-order valence-corrected chi connectivity index (χ0v) is 21.2. The van der Waals surface area contributed by atoms with Crippen molar-refractivity contribution in [1.82, 2.24) is 19.5 Å². The summed E-state index contributed by atoms with van der Waals surface area (Å²) in [4.78, 5) is 19.8. The van der Waals surface area contributed by atoms with Crippen LogP contribution in [0.2, 0.25) is 5.02 Å². The highest BCUT2D eigenvalue weighted by atomic mass is 79.9. The van der Waals surface area contributed by atoms with E-state index in [2.05, 4.69) is 38.5 Å². The Morgan fingerprint density at radius 1 is 1.18 bits per heavy atom. The second kappa shape index (κ2) is 9.39. The average Bonchev–Trinajstić information content (AvgIpc) is 3.59. The Morgan fingerprint density at radius 3 is 2.65 bits per heavy atom. The highest BCUT2D eigenvalue weighted by molar-refractivity contribution is 9.10. The van der Waals surface area contributed by atoms with Crippen molar-refractivity contribution in [3.8, 4) is 11.3 Å². The topological polar surface area (TPSA) is 62.5 Å². The quantitative estimate of drug-likeness (QED) is 0.288. The molecule has 0 bridgehead atoms. The number of hydrogen-bond acceptors (Lipinski definition) is 4. The summed E-state index contributed by atoms with van der Waals surface area (Å²) in [6.07, 6.45) is 4.38. The first-order valence-corrected chi connectivity index (χ1v) is 12.5. The molecule has 0 radical (unpaired) electrons. The van der Waals surface area contributed by atoms with Gasteiger partial charge in [-0.05, 0) is 46.8 Å². The molecule has 2 heterocycles. The third-order valence-corrected chi connectivity index (χ3v) is 7.28. The molecule has 2 aromatic carbocycles. The van der Waals surface area contributed by atoms with E-state index in [4.69, 9.17) is 16.6 Å². The van der Waals surface area contributed by atoms with Gasteiger partial charge in [0.25, 0.3) is 0 Å². The molecule has 6 nitrogen and oxygen atoms in total. The van der Waals surface area contributed by atoms with Crippen molar-refractivity contribution < 1.29 is 4.79 Å². The van der Waals surface area contributed by atoms with Crippen LogP contribution in [0.1, 0.15) is 24.8 Å². The van der Waals surface area contributed by atoms with Crippen LogP contribution in [0.3, 0.4) is 0 Å². The van der Waals surface area contributed by atoms with Crippen LogP contribution in [0.15, 0.2) is 71.3 Å². The van der Waals surface area contributed by atoms with Gasteiger partial charge in [-0.1, -0.05) is 60.1 Å². The second-order valence-corrected chi connectivity index (χ2v) is 9.95. The van der Waals surface area contributed by atoms with Crippen molar-refractivity contribution in [1.29, 1.82) is 0 Å². The van der Waals surface area contributed by atoms with E-state index in [9.17, 15) is 4.79 Å². The first kappa shape index (κ1) is 22.9. The second-order valence-electron chi connectivity index (χ2n) is 8.69. The smallest absolute Gasteiger partial charge is 0.232 e. The Balaban J connectivity index is 1.27. The molecular weight excluding hydrogens is 514 g/mol. The van der Waals surface area contributed by atoms with E-state index in [0.29, 0.717) is 23.8 Å². The maximum absolute atomic E-state index is 13.2. The third kappa shape index (κ3) is 4.30. The molecule has 1 saturated carbocycles. The minimum absolute atomic E-state index is 0.210. The fourth-order valence-corrected chi connectivity index (χ4v) is 4.96. The lowest BCUT2D eigenvalue weighted by molar-refractivity contribution is -0.132. The Labute approximate surface area is 212 Å². The maximum atomic E-state index is 13.2. The molecule has 1 N–H and O–H groups in total. The molecular formula is C26H25BrClN5O. The molecule has 0 saturated heterocycles. The number of fused-ring (bicyclic) bond motifs is 1. The number of anilines is 1. The Hall–Kier alpha value is -2.90. The number of carbonyl (C=O) groups excluding carboxylic acids is 1. The van der Waals surface area contributed by atoms with Crippen molar-refractivity contribution in [2.45, 2.75) is 24.7 Å². The SMILES string of the molecule is CN(CCCNc1cc(-c2ccccc2Cl)nc2c(Br)cnn12)C(=O)C1(c2ccccc2)CC1. The fraction of sp³-hybridized carbons (Fsp3) is 0.269. The molecule has 174 valence electrons. The van der Waals surface area contributed by atoms with Crippen molar-refractivity contribution in [3.05, 3.63) is 81.9 Å². The molecule has 0 spiro atoms. The first-order valence-electron chi connectivity index (χ1n) is 11.3. The summed E-state index contributed by atoms with van der Waals surface area (Å²) in [5, 5.41) is 8.56. The molecule has 1 amide bonds. The average molecular weight is 539 g/mol. The van der Waals surface area contributed by atoms with E-state index in [1.54, 1.807) is 10.7 Å². The van der Waals surface area contributed by atoms with E-state index in [-0.39, 0.29) is 11.3 Å². The number of carbonyl (C=O) groups is 1. The van der Waals surface area contributed by atoms with Crippen molar-refractivity contribution in [2.24, 2.45) is 0 Å². The predicted molar refractivity (Wildman–Crippen MR) is 139 cm³/mol. The summed E-state index contributed by atoms with van der Waals surface area (Å²) < 4.78 is 2.58. The number of halogens is 2. The standard InChI is InChI=1S/C26H25BrClN5O/c1-32(25(34)26(12-13-26)18-8-3-2-4-9-18)15-7-14-29-23-16-22(19-10-5-6-11-21(19)28)31-24-20(27)17-30-33(23)24/h2-6,8-11,16-17,29H,7,12-15H2,1H3. The number of amides is 1. The van der Waals surface area contributed by atoms with Crippen LogP contribution < -0.4 is 5.32 Å². The van der Waals surface area contributed by atoms with Crippen LogP contribution >= 0.6 is 27.5 Å². The lowest BCUT2D eigenvalue weighted by atomic mass is 9.94. The molecule has 0 aliphatic heterocycles. The van der Waals surface area contributed by atoms with Crippen LogP contribution in [0.25, 0.3) is 16.9 Å². The molecule has 4 aromatic rings. The van der Waals surface area contributed by atoms with E-state index in [0.717, 1.165) is 46.4 Å². The Bertz CT molecular complexity index is 1340. The van der Waals surface area contributed by atoms with Crippen LogP contribution in [0.5, 0.6) is 0 Å². The van der Waals surface area contributed by atoms with Gasteiger partial charge in [0.2, 0.25) is 5.91 Å². The predicted octanol–water partition coefficient (Wildman–Crippen LogP) is 5.80. The third-order valence-electron chi connectivity index (χ3n) is 6.39. The molecule has 0 unspecified atom stereocenters. The van der Waals surface area contributed by atoms with Gasteiger partial charge in [0.1, 0.15) is 5.82 Å². The number of rotatable bonds is 8. The zero-order chi connectivity index (χ0) is 23.7. The number of likely N-dealkylation sites (N-methyl/N-ethyl adjacent to an activating group) is 1.